The maximum Gasteiger partial charge on any atom is 0.336 e. The third kappa shape index (κ3) is 1.69. The molecule has 4 amide bonds. The number of amides is 4. The second kappa shape index (κ2) is 4.01. The molecular formula is C12H12N2O3. The Labute approximate surface area is 98.4 Å². The summed E-state index contributed by atoms with van der Waals surface area (Å²) in [7, 11) is 0. The SMILES string of the molecule is CCc1cccc(C)c1N1C(=O)NC(=O)C1=O. The molecular weight excluding hydrogens is 220 g/mol. The summed E-state index contributed by atoms with van der Waals surface area (Å²) in [5.41, 5.74) is 2.18. The smallest absolute Gasteiger partial charge is 0.269 e. The van der Waals surface area contributed by atoms with Crippen LogP contribution in [0.5, 0.6) is 0 Å². The predicted octanol–water partition coefficient (Wildman–Crippen LogP) is 1.14. The number of urea groups is 1. The van der Waals surface area contributed by atoms with Gasteiger partial charge in [-0.1, -0.05) is 25.1 Å². The Morgan fingerprint density at radius 2 is 1.94 bits per heavy atom. The Kier molecular flexibility index (Phi) is 2.67. The van der Waals surface area contributed by atoms with E-state index >= 15 is 0 Å². The molecule has 1 fully saturated rings. The molecule has 2 rings (SSSR count). The van der Waals surface area contributed by atoms with Gasteiger partial charge in [-0.25, -0.2) is 9.69 Å². The minimum Gasteiger partial charge on any atom is -0.269 e. The largest absolute Gasteiger partial charge is 0.336 e. The van der Waals surface area contributed by atoms with E-state index in [-0.39, 0.29) is 0 Å². The van der Waals surface area contributed by atoms with Crippen molar-refractivity contribution in [1.82, 2.24) is 5.32 Å². The van der Waals surface area contributed by atoms with Gasteiger partial charge in [0.05, 0.1) is 5.69 Å². The van der Waals surface area contributed by atoms with Crippen molar-refractivity contribution >= 4 is 23.5 Å². The van der Waals surface area contributed by atoms with E-state index in [2.05, 4.69) is 0 Å². The van der Waals surface area contributed by atoms with Gasteiger partial charge in [-0.05, 0) is 24.5 Å². The fraction of sp³-hybridized carbons (Fsp3) is 0.250. The van der Waals surface area contributed by atoms with Crippen LogP contribution in [-0.4, -0.2) is 17.8 Å². The number of anilines is 1. The van der Waals surface area contributed by atoms with E-state index in [1.807, 2.05) is 24.4 Å². The van der Waals surface area contributed by atoms with Gasteiger partial charge < -0.3 is 0 Å². The fourth-order valence-corrected chi connectivity index (χ4v) is 1.93. The first-order valence-electron chi connectivity index (χ1n) is 5.34. The summed E-state index contributed by atoms with van der Waals surface area (Å²) in [6.45, 7) is 3.73. The molecule has 0 spiro atoms. The van der Waals surface area contributed by atoms with Crippen LogP contribution in [0, 0.1) is 6.92 Å². The molecule has 5 nitrogen and oxygen atoms in total. The van der Waals surface area contributed by atoms with Crippen molar-refractivity contribution in [3.63, 3.8) is 0 Å². The van der Waals surface area contributed by atoms with Gasteiger partial charge >= 0.3 is 17.8 Å². The molecule has 1 aromatic carbocycles. The van der Waals surface area contributed by atoms with E-state index in [0.717, 1.165) is 16.0 Å². The van der Waals surface area contributed by atoms with Crippen molar-refractivity contribution in [2.24, 2.45) is 0 Å². The zero-order chi connectivity index (χ0) is 12.6. The monoisotopic (exact) mass is 232 g/mol. The van der Waals surface area contributed by atoms with Crippen LogP contribution in [0.2, 0.25) is 0 Å². The van der Waals surface area contributed by atoms with Gasteiger partial charge in [-0.2, -0.15) is 0 Å². The Morgan fingerprint density at radius 1 is 1.24 bits per heavy atom. The zero-order valence-electron chi connectivity index (χ0n) is 9.61. The molecule has 0 aliphatic carbocycles. The third-order valence-electron chi connectivity index (χ3n) is 2.75. The van der Waals surface area contributed by atoms with Gasteiger partial charge in [-0.15, -0.1) is 0 Å². The second-order valence-electron chi connectivity index (χ2n) is 3.84. The quantitative estimate of drug-likeness (QED) is 0.614. The van der Waals surface area contributed by atoms with E-state index in [1.54, 1.807) is 13.0 Å². The fourth-order valence-electron chi connectivity index (χ4n) is 1.93. The second-order valence-corrected chi connectivity index (χ2v) is 3.84. The molecule has 1 N–H and O–H groups in total. The number of benzene rings is 1. The Bertz CT molecular complexity index is 522. The van der Waals surface area contributed by atoms with Gasteiger partial charge in [0.2, 0.25) is 0 Å². The zero-order valence-corrected chi connectivity index (χ0v) is 9.61. The lowest BCUT2D eigenvalue weighted by Gasteiger charge is -2.18. The molecule has 1 aliphatic rings. The Hall–Kier alpha value is -2.17. The van der Waals surface area contributed by atoms with Crippen molar-refractivity contribution in [3.8, 4) is 0 Å². The van der Waals surface area contributed by atoms with Gasteiger partial charge in [0, 0.05) is 0 Å². The molecule has 0 unspecified atom stereocenters. The van der Waals surface area contributed by atoms with Crippen LogP contribution in [0.3, 0.4) is 0 Å². The van der Waals surface area contributed by atoms with Crippen molar-refractivity contribution in [3.05, 3.63) is 29.3 Å². The van der Waals surface area contributed by atoms with Crippen LogP contribution in [0.15, 0.2) is 18.2 Å². The van der Waals surface area contributed by atoms with E-state index in [1.165, 1.54) is 0 Å². The lowest BCUT2D eigenvalue weighted by molar-refractivity contribution is -0.134. The van der Waals surface area contributed by atoms with Gasteiger partial charge in [0.1, 0.15) is 0 Å². The van der Waals surface area contributed by atoms with Crippen LogP contribution in [0.25, 0.3) is 0 Å². The molecule has 1 saturated heterocycles. The highest BCUT2D eigenvalue weighted by atomic mass is 16.2. The molecule has 17 heavy (non-hydrogen) atoms. The van der Waals surface area contributed by atoms with E-state index in [4.69, 9.17) is 0 Å². The standard InChI is InChI=1S/C12H12N2O3/c1-3-8-6-4-5-7(2)9(8)14-11(16)10(15)13-12(14)17/h4-6H,3H2,1-2H3,(H,13,15,17). The first kappa shape index (κ1) is 11.3. The number of nitrogens with one attached hydrogen (secondary N) is 1. The summed E-state index contributed by atoms with van der Waals surface area (Å²) in [6.07, 6.45) is 0.683. The number of nitrogens with zero attached hydrogens (tertiary/aromatic N) is 1. The van der Waals surface area contributed by atoms with Crippen LogP contribution >= 0.6 is 0 Å². The first-order valence-corrected chi connectivity index (χ1v) is 5.34. The topological polar surface area (TPSA) is 66.5 Å². The van der Waals surface area contributed by atoms with Gasteiger partial charge in [0.15, 0.2) is 0 Å². The van der Waals surface area contributed by atoms with E-state index in [0.29, 0.717) is 12.1 Å². The minimum absolute atomic E-state index is 0.517. The first-order chi connectivity index (χ1) is 8.06. The van der Waals surface area contributed by atoms with E-state index in [9.17, 15) is 14.4 Å². The van der Waals surface area contributed by atoms with Crippen LogP contribution in [0.1, 0.15) is 18.1 Å². The van der Waals surface area contributed by atoms with Crippen molar-refractivity contribution in [2.75, 3.05) is 4.90 Å². The third-order valence-corrected chi connectivity index (χ3v) is 2.75. The summed E-state index contributed by atoms with van der Waals surface area (Å²) in [5.74, 6) is -1.70. The Morgan fingerprint density at radius 3 is 2.47 bits per heavy atom. The molecule has 0 saturated carbocycles. The lowest BCUT2D eigenvalue weighted by Crippen LogP contribution is -2.32. The maximum atomic E-state index is 11.6. The summed E-state index contributed by atoms with van der Waals surface area (Å²) in [6, 6.07) is 4.82. The summed E-state index contributed by atoms with van der Waals surface area (Å²) < 4.78 is 0. The number of carbonyl (C=O) groups excluding carboxylic acids is 3. The summed E-state index contributed by atoms with van der Waals surface area (Å²) in [5, 5.41) is 1.99. The van der Waals surface area contributed by atoms with Crippen molar-refractivity contribution < 1.29 is 14.4 Å². The van der Waals surface area contributed by atoms with Crippen LogP contribution < -0.4 is 10.2 Å². The average molecular weight is 232 g/mol. The number of hydrogen-bond acceptors (Lipinski definition) is 3. The number of carbonyl (C=O) groups is 3. The number of hydrogen-bond donors (Lipinski definition) is 1. The summed E-state index contributed by atoms with van der Waals surface area (Å²) in [4.78, 5) is 35.3. The normalized spacial score (nSPS) is 15.4. The lowest BCUT2D eigenvalue weighted by atomic mass is 10.0. The molecule has 0 bridgehead atoms. The van der Waals surface area contributed by atoms with Crippen molar-refractivity contribution in [1.29, 1.82) is 0 Å². The van der Waals surface area contributed by atoms with E-state index < -0.39 is 17.8 Å². The molecule has 88 valence electrons. The molecule has 5 heteroatoms. The molecule has 0 radical (unpaired) electrons. The highest BCUT2D eigenvalue weighted by Gasteiger charge is 2.39. The van der Waals surface area contributed by atoms with Crippen LogP contribution in [0.4, 0.5) is 10.5 Å². The highest BCUT2D eigenvalue weighted by Crippen LogP contribution is 2.27. The molecule has 0 aromatic heterocycles. The van der Waals surface area contributed by atoms with Gasteiger partial charge in [0.25, 0.3) is 0 Å². The number of para-hydroxylation sites is 1. The molecule has 1 aromatic rings. The number of aryl methyl sites for hydroxylation is 2. The van der Waals surface area contributed by atoms with Crippen LogP contribution in [-0.2, 0) is 16.0 Å². The molecule has 1 heterocycles. The van der Waals surface area contributed by atoms with Gasteiger partial charge in [-0.3, -0.25) is 14.9 Å². The number of imide groups is 2. The Balaban J connectivity index is 2.57. The highest BCUT2D eigenvalue weighted by molar-refractivity contribution is 6.53. The maximum absolute atomic E-state index is 11.6. The predicted molar refractivity (Wildman–Crippen MR) is 61.6 cm³/mol. The average Bonchev–Trinajstić information content (AvgIpc) is 2.54. The minimum atomic E-state index is -0.875. The number of rotatable bonds is 2. The molecule has 1 aliphatic heterocycles. The summed E-state index contributed by atoms with van der Waals surface area (Å²) >= 11 is 0. The van der Waals surface area contributed by atoms with Crippen molar-refractivity contribution in [2.45, 2.75) is 20.3 Å². The molecule has 0 atom stereocenters.